The summed E-state index contributed by atoms with van der Waals surface area (Å²) < 4.78 is 0. The van der Waals surface area contributed by atoms with Crippen molar-refractivity contribution in [3.8, 4) is 5.75 Å². The molecule has 1 amide bonds. The van der Waals surface area contributed by atoms with Gasteiger partial charge in [-0.2, -0.15) is 0 Å². The van der Waals surface area contributed by atoms with Gasteiger partial charge in [-0.15, -0.1) is 0 Å². The van der Waals surface area contributed by atoms with E-state index in [4.69, 9.17) is 0 Å². The van der Waals surface area contributed by atoms with Crippen molar-refractivity contribution in [1.82, 2.24) is 4.98 Å². The van der Waals surface area contributed by atoms with Crippen molar-refractivity contribution in [2.24, 2.45) is 0 Å². The number of nitrogens with zero attached hydrogens (tertiary/aromatic N) is 2. The quantitative estimate of drug-likeness (QED) is 0.498. The number of hydrogen-bond acceptors (Lipinski definition) is 5. The number of carbonyl (C=O) groups excluding carboxylic acids is 1. The highest BCUT2D eigenvalue weighted by molar-refractivity contribution is 6.04. The number of anilines is 1. The van der Waals surface area contributed by atoms with Gasteiger partial charge in [0.2, 0.25) is 0 Å². The summed E-state index contributed by atoms with van der Waals surface area (Å²) in [4.78, 5) is 25.6. The first-order valence-electron chi connectivity index (χ1n) is 5.26. The molecule has 96 valence electrons. The molecule has 0 atom stereocenters. The Morgan fingerprint density at radius 1 is 1.37 bits per heavy atom. The number of rotatable bonds is 3. The normalized spacial score (nSPS) is 9.89. The van der Waals surface area contributed by atoms with Crippen molar-refractivity contribution in [3.63, 3.8) is 0 Å². The molecule has 0 radical (unpaired) electrons. The van der Waals surface area contributed by atoms with Crippen LogP contribution in [0.3, 0.4) is 0 Å². The van der Waals surface area contributed by atoms with Gasteiger partial charge in [-0.1, -0.05) is 0 Å². The Balaban J connectivity index is 2.26. The topological polar surface area (TPSA) is 105 Å². The van der Waals surface area contributed by atoms with E-state index in [0.29, 0.717) is 0 Å². The van der Waals surface area contributed by atoms with Crippen LogP contribution in [0, 0.1) is 10.1 Å². The molecule has 7 nitrogen and oxygen atoms in total. The van der Waals surface area contributed by atoms with Crippen LogP contribution in [-0.2, 0) is 0 Å². The average molecular weight is 259 g/mol. The van der Waals surface area contributed by atoms with E-state index in [1.165, 1.54) is 18.5 Å². The number of carbonyl (C=O) groups is 1. The fraction of sp³-hybridized carbons (Fsp3) is 0. The first-order chi connectivity index (χ1) is 9.08. The number of phenolic OH excluding ortho intramolecular Hbond substituents is 1. The number of non-ortho nitro benzene ring substituents is 1. The smallest absolute Gasteiger partial charge is 0.271 e. The minimum atomic E-state index is -0.612. The Hall–Kier alpha value is -2.96. The molecule has 19 heavy (non-hydrogen) atoms. The van der Waals surface area contributed by atoms with Gasteiger partial charge in [-0.3, -0.25) is 19.9 Å². The van der Waals surface area contributed by atoms with E-state index in [1.54, 1.807) is 6.07 Å². The lowest BCUT2D eigenvalue weighted by Gasteiger charge is -2.06. The molecule has 0 spiro atoms. The monoisotopic (exact) mass is 259 g/mol. The lowest BCUT2D eigenvalue weighted by atomic mass is 10.2. The second-order valence-electron chi connectivity index (χ2n) is 3.65. The first-order valence-corrected chi connectivity index (χ1v) is 5.26. The largest absolute Gasteiger partial charge is 0.506 e. The summed E-state index contributed by atoms with van der Waals surface area (Å²) in [5.74, 6) is -0.758. The van der Waals surface area contributed by atoms with Crippen LogP contribution < -0.4 is 5.32 Å². The average Bonchev–Trinajstić information content (AvgIpc) is 2.42. The number of benzene rings is 1. The van der Waals surface area contributed by atoms with Crippen LogP contribution in [-0.4, -0.2) is 20.9 Å². The number of hydrogen-bond donors (Lipinski definition) is 2. The number of nitro benzene ring substituents is 1. The molecule has 1 aromatic carbocycles. The predicted molar refractivity (Wildman–Crippen MR) is 67.0 cm³/mol. The summed E-state index contributed by atoms with van der Waals surface area (Å²) in [6.45, 7) is 0. The van der Waals surface area contributed by atoms with Crippen molar-refractivity contribution in [2.45, 2.75) is 0 Å². The van der Waals surface area contributed by atoms with E-state index in [1.807, 2.05) is 0 Å². The third-order valence-corrected chi connectivity index (χ3v) is 2.36. The fourth-order valence-electron chi connectivity index (χ4n) is 1.43. The van der Waals surface area contributed by atoms with E-state index >= 15 is 0 Å². The van der Waals surface area contributed by atoms with E-state index in [2.05, 4.69) is 10.3 Å². The summed E-state index contributed by atoms with van der Waals surface area (Å²) in [5, 5.41) is 22.6. The second kappa shape index (κ2) is 5.13. The Morgan fingerprint density at radius 2 is 2.16 bits per heavy atom. The molecule has 0 unspecified atom stereocenters. The second-order valence-corrected chi connectivity index (χ2v) is 3.65. The number of pyridine rings is 1. The van der Waals surface area contributed by atoms with Crippen molar-refractivity contribution < 1.29 is 14.8 Å². The highest BCUT2D eigenvalue weighted by Crippen LogP contribution is 2.28. The van der Waals surface area contributed by atoms with Gasteiger partial charge in [0.25, 0.3) is 11.6 Å². The van der Waals surface area contributed by atoms with Gasteiger partial charge < -0.3 is 10.4 Å². The van der Waals surface area contributed by atoms with Gasteiger partial charge in [-0.25, -0.2) is 0 Å². The molecular weight excluding hydrogens is 250 g/mol. The van der Waals surface area contributed by atoms with Gasteiger partial charge in [0.1, 0.15) is 5.75 Å². The maximum atomic E-state index is 11.8. The van der Waals surface area contributed by atoms with Gasteiger partial charge in [-0.05, 0) is 18.2 Å². The van der Waals surface area contributed by atoms with Crippen molar-refractivity contribution in [1.29, 1.82) is 0 Å². The lowest BCUT2D eigenvalue weighted by Crippen LogP contribution is -2.12. The number of nitro groups is 1. The zero-order valence-corrected chi connectivity index (χ0v) is 9.61. The van der Waals surface area contributed by atoms with E-state index in [9.17, 15) is 20.0 Å². The molecule has 0 saturated heterocycles. The Kier molecular flexibility index (Phi) is 3.37. The zero-order chi connectivity index (χ0) is 13.8. The third-order valence-electron chi connectivity index (χ3n) is 2.36. The maximum absolute atomic E-state index is 11.8. The van der Waals surface area contributed by atoms with Gasteiger partial charge in [0, 0.05) is 24.5 Å². The summed E-state index contributed by atoms with van der Waals surface area (Å²) in [6.07, 6.45) is 2.87. The van der Waals surface area contributed by atoms with Crippen LogP contribution in [0.25, 0.3) is 0 Å². The minimum absolute atomic E-state index is 0.0250. The van der Waals surface area contributed by atoms with E-state index < -0.39 is 10.8 Å². The number of phenols is 1. The van der Waals surface area contributed by atoms with Crippen LogP contribution in [0.5, 0.6) is 5.75 Å². The molecule has 0 saturated carbocycles. The molecule has 2 rings (SSSR count). The van der Waals surface area contributed by atoms with Crippen molar-refractivity contribution in [2.75, 3.05) is 5.32 Å². The Morgan fingerprint density at radius 3 is 2.79 bits per heavy atom. The number of aromatic nitrogens is 1. The van der Waals surface area contributed by atoms with Crippen LogP contribution in [0.15, 0.2) is 42.7 Å². The van der Waals surface area contributed by atoms with E-state index in [0.717, 1.165) is 18.2 Å². The fourth-order valence-corrected chi connectivity index (χ4v) is 1.43. The molecule has 0 bridgehead atoms. The standard InChI is InChI=1S/C12H9N3O4/c16-11-4-3-9(15(18)19)6-10(11)14-12(17)8-2-1-5-13-7-8/h1-7,16H,(H,14,17). The highest BCUT2D eigenvalue weighted by atomic mass is 16.6. The zero-order valence-electron chi connectivity index (χ0n) is 9.61. The molecule has 1 heterocycles. The number of amides is 1. The Bertz CT molecular complexity index is 628. The summed E-state index contributed by atoms with van der Waals surface area (Å²) in [7, 11) is 0. The first kappa shape index (κ1) is 12.5. The molecule has 0 aliphatic heterocycles. The van der Waals surface area contributed by atoms with E-state index in [-0.39, 0.29) is 22.7 Å². The van der Waals surface area contributed by atoms with Gasteiger partial charge in [0.05, 0.1) is 16.2 Å². The lowest BCUT2D eigenvalue weighted by molar-refractivity contribution is -0.384. The Labute approximate surface area is 107 Å². The van der Waals surface area contributed by atoms with Crippen LogP contribution in [0.2, 0.25) is 0 Å². The molecule has 0 fully saturated rings. The number of aromatic hydroxyl groups is 1. The predicted octanol–water partition coefficient (Wildman–Crippen LogP) is 1.95. The van der Waals surface area contributed by atoms with Gasteiger partial charge in [0.15, 0.2) is 0 Å². The molecule has 7 heteroatoms. The summed E-state index contributed by atoms with van der Waals surface area (Å²) in [5.41, 5.74) is 0.0377. The van der Waals surface area contributed by atoms with Crippen molar-refractivity contribution >= 4 is 17.3 Å². The molecule has 2 N–H and O–H groups in total. The highest BCUT2D eigenvalue weighted by Gasteiger charge is 2.13. The van der Waals surface area contributed by atoms with Crippen molar-refractivity contribution in [3.05, 3.63) is 58.4 Å². The summed E-state index contributed by atoms with van der Waals surface area (Å²) in [6, 6.07) is 6.51. The van der Waals surface area contributed by atoms with Crippen LogP contribution in [0.4, 0.5) is 11.4 Å². The molecular formula is C12H9N3O4. The van der Waals surface area contributed by atoms with Gasteiger partial charge >= 0.3 is 0 Å². The molecule has 0 aliphatic carbocycles. The van der Waals surface area contributed by atoms with Crippen LogP contribution >= 0.6 is 0 Å². The molecule has 2 aromatic rings. The SMILES string of the molecule is O=C(Nc1cc([N+](=O)[O-])ccc1O)c1cccnc1. The third kappa shape index (κ3) is 2.83. The molecule has 0 aliphatic rings. The molecule has 1 aromatic heterocycles. The van der Waals surface area contributed by atoms with Crippen LogP contribution in [0.1, 0.15) is 10.4 Å². The summed E-state index contributed by atoms with van der Waals surface area (Å²) >= 11 is 0. The maximum Gasteiger partial charge on any atom is 0.271 e. The number of nitrogens with one attached hydrogen (secondary N) is 1. The minimum Gasteiger partial charge on any atom is -0.506 e.